The molecule has 0 bridgehead atoms. The molecule has 1 aromatic rings. The summed E-state index contributed by atoms with van der Waals surface area (Å²) in [6.45, 7) is 0.576. The highest BCUT2D eigenvalue weighted by molar-refractivity contribution is 5.76. The highest BCUT2D eigenvalue weighted by Gasteiger charge is 2.22. The van der Waals surface area contributed by atoms with Crippen molar-refractivity contribution in [1.29, 1.82) is 5.26 Å². The van der Waals surface area contributed by atoms with E-state index in [0.717, 1.165) is 12.8 Å². The molecule has 2 N–H and O–H groups in total. The third kappa shape index (κ3) is 4.59. The molecule has 0 unspecified atom stereocenters. The fourth-order valence-corrected chi connectivity index (χ4v) is 1.77. The Morgan fingerprint density at radius 2 is 2.21 bits per heavy atom. The Morgan fingerprint density at radius 3 is 2.89 bits per heavy atom. The van der Waals surface area contributed by atoms with E-state index in [9.17, 15) is 9.18 Å². The van der Waals surface area contributed by atoms with E-state index in [0.29, 0.717) is 31.1 Å². The number of nitrogens with zero attached hydrogens (tertiary/aromatic N) is 1. The average Bonchev–Trinajstić information content (AvgIpc) is 3.18. The van der Waals surface area contributed by atoms with Crippen LogP contribution in [0.4, 0.5) is 10.1 Å². The Bertz CT molecular complexity index is 506. The van der Waals surface area contributed by atoms with Crippen LogP contribution in [0.1, 0.15) is 31.2 Å². The molecule has 0 aliphatic heterocycles. The van der Waals surface area contributed by atoms with Gasteiger partial charge in [-0.25, -0.2) is 4.39 Å². The van der Waals surface area contributed by atoms with E-state index in [-0.39, 0.29) is 11.5 Å². The molecule has 0 saturated heterocycles. The molecule has 0 atom stereocenters. The second-order valence-corrected chi connectivity index (χ2v) is 4.71. The van der Waals surface area contributed by atoms with Crippen molar-refractivity contribution in [2.75, 3.05) is 11.9 Å². The maximum absolute atomic E-state index is 13.1. The molecule has 1 saturated carbocycles. The number of carbonyl (C=O) groups excluding carboxylic acids is 1. The average molecular weight is 261 g/mol. The molecule has 1 fully saturated rings. The van der Waals surface area contributed by atoms with Crippen LogP contribution in [0.2, 0.25) is 0 Å². The zero-order valence-electron chi connectivity index (χ0n) is 10.6. The molecular weight excluding hydrogens is 245 g/mol. The fraction of sp³-hybridized carbons (Fsp3) is 0.429. The molecular formula is C14H16FN3O. The van der Waals surface area contributed by atoms with Crippen LogP contribution >= 0.6 is 0 Å². The van der Waals surface area contributed by atoms with Crippen LogP contribution in [-0.2, 0) is 4.79 Å². The van der Waals surface area contributed by atoms with Crippen LogP contribution in [-0.4, -0.2) is 18.5 Å². The van der Waals surface area contributed by atoms with E-state index >= 15 is 0 Å². The zero-order chi connectivity index (χ0) is 13.7. The lowest BCUT2D eigenvalue weighted by Gasteiger charge is -2.07. The lowest BCUT2D eigenvalue weighted by Crippen LogP contribution is -2.25. The Labute approximate surface area is 111 Å². The van der Waals surface area contributed by atoms with Gasteiger partial charge in [-0.05, 0) is 37.5 Å². The number of carbonyl (C=O) groups is 1. The van der Waals surface area contributed by atoms with Gasteiger partial charge in [0.2, 0.25) is 5.91 Å². The monoisotopic (exact) mass is 261 g/mol. The summed E-state index contributed by atoms with van der Waals surface area (Å²) < 4.78 is 13.1. The van der Waals surface area contributed by atoms with E-state index in [1.165, 1.54) is 12.1 Å². The van der Waals surface area contributed by atoms with Crippen molar-refractivity contribution in [2.45, 2.75) is 31.7 Å². The molecule has 4 nitrogen and oxygen atoms in total. The molecule has 0 radical (unpaired) electrons. The first kappa shape index (κ1) is 13.3. The molecule has 5 heteroatoms. The lowest BCUT2D eigenvalue weighted by molar-refractivity contribution is -0.121. The zero-order valence-corrected chi connectivity index (χ0v) is 10.6. The van der Waals surface area contributed by atoms with E-state index in [2.05, 4.69) is 10.6 Å². The largest absolute Gasteiger partial charge is 0.385 e. The van der Waals surface area contributed by atoms with Crippen LogP contribution in [0, 0.1) is 17.1 Å². The first-order valence-electron chi connectivity index (χ1n) is 6.41. The number of halogens is 1. The number of benzene rings is 1. The van der Waals surface area contributed by atoms with Crippen molar-refractivity contribution in [3.05, 3.63) is 29.6 Å². The highest BCUT2D eigenvalue weighted by Crippen LogP contribution is 2.18. The summed E-state index contributed by atoms with van der Waals surface area (Å²) in [7, 11) is 0. The molecule has 1 aliphatic rings. The molecule has 1 aromatic carbocycles. The van der Waals surface area contributed by atoms with E-state index in [4.69, 9.17) is 5.26 Å². The highest BCUT2D eigenvalue weighted by atomic mass is 19.1. The first-order chi connectivity index (χ1) is 9.17. The third-order valence-corrected chi connectivity index (χ3v) is 2.88. The second kappa shape index (κ2) is 6.19. The van der Waals surface area contributed by atoms with Gasteiger partial charge in [0, 0.05) is 24.7 Å². The van der Waals surface area contributed by atoms with Crippen molar-refractivity contribution in [3.63, 3.8) is 0 Å². The molecule has 100 valence electrons. The van der Waals surface area contributed by atoms with Crippen molar-refractivity contribution in [3.8, 4) is 6.07 Å². The van der Waals surface area contributed by atoms with Gasteiger partial charge in [0.1, 0.15) is 5.82 Å². The Morgan fingerprint density at radius 1 is 1.42 bits per heavy atom. The quantitative estimate of drug-likeness (QED) is 0.771. The van der Waals surface area contributed by atoms with Crippen molar-refractivity contribution in [1.82, 2.24) is 5.32 Å². The number of nitriles is 1. The first-order valence-corrected chi connectivity index (χ1v) is 6.41. The van der Waals surface area contributed by atoms with Gasteiger partial charge >= 0.3 is 0 Å². The van der Waals surface area contributed by atoms with Gasteiger partial charge in [0.25, 0.3) is 0 Å². The minimum atomic E-state index is -0.437. The SMILES string of the molecule is N#Cc1cc(F)cc(NCCCC(=O)NC2CC2)c1. The van der Waals surface area contributed by atoms with Gasteiger partial charge in [0.05, 0.1) is 11.6 Å². The second-order valence-electron chi connectivity index (χ2n) is 4.71. The molecule has 1 amide bonds. The van der Waals surface area contributed by atoms with Crippen molar-refractivity contribution >= 4 is 11.6 Å². The van der Waals surface area contributed by atoms with Gasteiger partial charge in [-0.2, -0.15) is 5.26 Å². The predicted molar refractivity (Wildman–Crippen MR) is 70.0 cm³/mol. The Kier molecular flexibility index (Phi) is 4.35. The smallest absolute Gasteiger partial charge is 0.220 e. The maximum Gasteiger partial charge on any atom is 0.220 e. The number of rotatable bonds is 6. The maximum atomic E-state index is 13.1. The Hall–Kier alpha value is -2.09. The third-order valence-electron chi connectivity index (χ3n) is 2.88. The van der Waals surface area contributed by atoms with E-state index in [1.807, 2.05) is 6.07 Å². The summed E-state index contributed by atoms with van der Waals surface area (Å²) in [5.41, 5.74) is 0.855. The number of hydrogen-bond acceptors (Lipinski definition) is 3. The van der Waals surface area contributed by atoms with Crippen LogP contribution < -0.4 is 10.6 Å². The van der Waals surface area contributed by atoms with Crippen molar-refractivity contribution in [2.24, 2.45) is 0 Å². The van der Waals surface area contributed by atoms with Crippen molar-refractivity contribution < 1.29 is 9.18 Å². The summed E-state index contributed by atoms with van der Waals surface area (Å²) in [5.74, 6) is -0.366. The topological polar surface area (TPSA) is 64.9 Å². The normalized spacial score (nSPS) is 13.7. The summed E-state index contributed by atoms with van der Waals surface area (Å²) in [5, 5.41) is 14.6. The minimum Gasteiger partial charge on any atom is -0.385 e. The Balaban J connectivity index is 1.71. The summed E-state index contributed by atoms with van der Waals surface area (Å²) in [6.07, 6.45) is 3.31. The van der Waals surface area contributed by atoms with E-state index in [1.54, 1.807) is 6.07 Å². The van der Waals surface area contributed by atoms with Crippen LogP contribution in [0.25, 0.3) is 0 Å². The number of nitrogens with one attached hydrogen (secondary N) is 2. The summed E-state index contributed by atoms with van der Waals surface area (Å²) in [6, 6.07) is 6.41. The van der Waals surface area contributed by atoms with Crippen LogP contribution in [0.3, 0.4) is 0 Å². The van der Waals surface area contributed by atoms with Gasteiger partial charge in [-0.1, -0.05) is 0 Å². The van der Waals surface area contributed by atoms with Crippen LogP contribution in [0.15, 0.2) is 18.2 Å². The molecule has 19 heavy (non-hydrogen) atoms. The van der Waals surface area contributed by atoms with Gasteiger partial charge in [0.15, 0.2) is 0 Å². The lowest BCUT2D eigenvalue weighted by atomic mass is 10.2. The van der Waals surface area contributed by atoms with Gasteiger partial charge < -0.3 is 10.6 Å². The molecule has 2 rings (SSSR count). The molecule has 0 aromatic heterocycles. The molecule has 0 heterocycles. The minimum absolute atomic E-state index is 0.0706. The molecule has 0 spiro atoms. The molecule has 1 aliphatic carbocycles. The van der Waals surface area contributed by atoms with Gasteiger partial charge in [-0.15, -0.1) is 0 Å². The van der Waals surface area contributed by atoms with Gasteiger partial charge in [-0.3, -0.25) is 4.79 Å². The summed E-state index contributed by atoms with van der Waals surface area (Å²) >= 11 is 0. The summed E-state index contributed by atoms with van der Waals surface area (Å²) in [4.78, 5) is 11.4. The van der Waals surface area contributed by atoms with Crippen LogP contribution in [0.5, 0.6) is 0 Å². The fourth-order valence-electron chi connectivity index (χ4n) is 1.77. The number of amides is 1. The standard InChI is InChI=1S/C14H16FN3O/c15-11-6-10(9-16)7-13(8-11)17-5-1-2-14(19)18-12-3-4-12/h6-8,12,17H,1-5H2,(H,18,19). The number of hydrogen-bond donors (Lipinski definition) is 2. The predicted octanol–water partition coefficient (Wildman–Crippen LogP) is 2.17. The number of anilines is 1. The van der Waals surface area contributed by atoms with E-state index < -0.39 is 5.82 Å².